The van der Waals surface area contributed by atoms with Crippen molar-refractivity contribution in [2.75, 3.05) is 19.6 Å². The highest BCUT2D eigenvalue weighted by atomic mass is 16.2. The van der Waals surface area contributed by atoms with Crippen molar-refractivity contribution in [3.8, 4) is 0 Å². The Morgan fingerprint density at radius 1 is 1.25 bits per heavy atom. The van der Waals surface area contributed by atoms with Crippen LogP contribution in [0.25, 0.3) is 0 Å². The number of nitrogens with zero attached hydrogens (tertiary/aromatic N) is 1. The first kappa shape index (κ1) is 11.7. The molecule has 2 aliphatic rings. The second-order valence-corrected chi connectivity index (χ2v) is 5.08. The second kappa shape index (κ2) is 5.53. The molecule has 0 aromatic heterocycles. The van der Waals surface area contributed by atoms with Crippen molar-refractivity contribution in [2.45, 2.75) is 51.1 Å². The van der Waals surface area contributed by atoms with Crippen molar-refractivity contribution in [2.24, 2.45) is 0 Å². The van der Waals surface area contributed by atoms with Gasteiger partial charge in [0, 0.05) is 31.7 Å². The lowest BCUT2D eigenvalue weighted by atomic mass is 10.0. The van der Waals surface area contributed by atoms with Crippen LogP contribution >= 0.6 is 0 Å². The molecule has 0 aromatic rings. The lowest BCUT2D eigenvalue weighted by Gasteiger charge is -2.32. The van der Waals surface area contributed by atoms with Crippen LogP contribution < -0.4 is 10.6 Å². The van der Waals surface area contributed by atoms with Gasteiger partial charge in [0.2, 0.25) is 0 Å². The van der Waals surface area contributed by atoms with Crippen molar-refractivity contribution >= 4 is 6.03 Å². The van der Waals surface area contributed by atoms with E-state index >= 15 is 0 Å². The average molecular weight is 225 g/mol. The van der Waals surface area contributed by atoms with E-state index in [9.17, 15) is 4.79 Å². The molecule has 92 valence electrons. The summed E-state index contributed by atoms with van der Waals surface area (Å²) < 4.78 is 0. The van der Waals surface area contributed by atoms with Gasteiger partial charge in [-0.3, -0.25) is 0 Å². The Labute approximate surface area is 97.8 Å². The minimum atomic E-state index is 0.140. The summed E-state index contributed by atoms with van der Waals surface area (Å²) >= 11 is 0. The molecule has 0 saturated carbocycles. The third-order valence-corrected chi connectivity index (χ3v) is 3.63. The minimum Gasteiger partial charge on any atom is -0.334 e. The van der Waals surface area contributed by atoms with Crippen molar-refractivity contribution < 1.29 is 4.79 Å². The maximum Gasteiger partial charge on any atom is 0.317 e. The highest BCUT2D eigenvalue weighted by Gasteiger charge is 2.22. The van der Waals surface area contributed by atoms with Crippen molar-refractivity contribution in [1.82, 2.24) is 15.5 Å². The fourth-order valence-corrected chi connectivity index (χ4v) is 2.48. The van der Waals surface area contributed by atoms with E-state index in [1.165, 1.54) is 6.42 Å². The van der Waals surface area contributed by atoms with Gasteiger partial charge in [0.05, 0.1) is 0 Å². The van der Waals surface area contributed by atoms with Crippen LogP contribution in [0, 0.1) is 0 Å². The van der Waals surface area contributed by atoms with E-state index in [2.05, 4.69) is 17.6 Å². The first-order valence-corrected chi connectivity index (χ1v) is 6.54. The van der Waals surface area contributed by atoms with Crippen molar-refractivity contribution in [1.29, 1.82) is 0 Å². The monoisotopic (exact) mass is 225 g/mol. The van der Waals surface area contributed by atoms with Crippen LogP contribution in [0.3, 0.4) is 0 Å². The number of piperidine rings is 2. The number of carbonyl (C=O) groups excluding carboxylic acids is 1. The lowest BCUT2D eigenvalue weighted by molar-refractivity contribution is 0.179. The molecule has 2 heterocycles. The van der Waals surface area contributed by atoms with E-state index in [0.717, 1.165) is 45.3 Å². The van der Waals surface area contributed by atoms with Crippen molar-refractivity contribution in [3.63, 3.8) is 0 Å². The zero-order valence-corrected chi connectivity index (χ0v) is 10.2. The first-order valence-electron chi connectivity index (χ1n) is 6.54. The van der Waals surface area contributed by atoms with Gasteiger partial charge in [-0.05, 0) is 39.0 Å². The summed E-state index contributed by atoms with van der Waals surface area (Å²) in [5, 5.41) is 6.54. The average Bonchev–Trinajstić information content (AvgIpc) is 2.33. The van der Waals surface area contributed by atoms with E-state index < -0.39 is 0 Å². The van der Waals surface area contributed by atoms with Crippen LogP contribution in [-0.2, 0) is 0 Å². The van der Waals surface area contributed by atoms with Gasteiger partial charge in [0.25, 0.3) is 0 Å². The number of carbonyl (C=O) groups is 1. The Balaban J connectivity index is 1.73. The third-order valence-electron chi connectivity index (χ3n) is 3.63. The molecular formula is C12H23N3O. The molecule has 4 nitrogen and oxygen atoms in total. The molecule has 2 aliphatic heterocycles. The summed E-state index contributed by atoms with van der Waals surface area (Å²) in [6.07, 6.45) is 5.85. The lowest BCUT2D eigenvalue weighted by Crippen LogP contribution is -2.53. The number of amides is 2. The Bertz CT molecular complexity index is 230. The van der Waals surface area contributed by atoms with E-state index in [1.54, 1.807) is 0 Å². The molecule has 0 spiro atoms. The van der Waals surface area contributed by atoms with Gasteiger partial charge in [0.1, 0.15) is 0 Å². The van der Waals surface area contributed by atoms with Gasteiger partial charge in [-0.25, -0.2) is 4.79 Å². The SMILES string of the molecule is CC1CCC(NC(=O)N2CCCCC2)CN1. The third kappa shape index (κ3) is 3.11. The molecule has 2 saturated heterocycles. The highest BCUT2D eigenvalue weighted by molar-refractivity contribution is 5.74. The van der Waals surface area contributed by atoms with Gasteiger partial charge >= 0.3 is 6.03 Å². The van der Waals surface area contributed by atoms with Crippen LogP contribution in [0.5, 0.6) is 0 Å². The predicted octanol–water partition coefficient (Wildman–Crippen LogP) is 1.32. The zero-order chi connectivity index (χ0) is 11.4. The first-order chi connectivity index (χ1) is 7.75. The van der Waals surface area contributed by atoms with Crippen LogP contribution in [-0.4, -0.2) is 42.6 Å². The molecule has 2 N–H and O–H groups in total. The van der Waals surface area contributed by atoms with Gasteiger partial charge < -0.3 is 15.5 Å². The molecule has 0 aromatic carbocycles. The molecule has 0 bridgehead atoms. The summed E-state index contributed by atoms with van der Waals surface area (Å²) in [6.45, 7) is 4.98. The number of hydrogen-bond donors (Lipinski definition) is 2. The summed E-state index contributed by atoms with van der Waals surface area (Å²) in [6, 6.07) is 1.06. The van der Waals surface area contributed by atoms with Crippen molar-refractivity contribution in [3.05, 3.63) is 0 Å². The summed E-state index contributed by atoms with van der Waals surface area (Å²) in [4.78, 5) is 13.9. The Kier molecular flexibility index (Phi) is 4.04. The fraction of sp³-hybridized carbons (Fsp3) is 0.917. The maximum absolute atomic E-state index is 11.9. The van der Waals surface area contributed by atoms with E-state index in [1.807, 2.05) is 4.90 Å². The largest absolute Gasteiger partial charge is 0.334 e. The fourth-order valence-electron chi connectivity index (χ4n) is 2.48. The smallest absolute Gasteiger partial charge is 0.317 e. The molecule has 2 amide bonds. The number of likely N-dealkylation sites (tertiary alicyclic amines) is 1. The Morgan fingerprint density at radius 3 is 2.62 bits per heavy atom. The quantitative estimate of drug-likeness (QED) is 0.707. The van der Waals surface area contributed by atoms with Crippen LogP contribution in [0.1, 0.15) is 39.0 Å². The number of hydrogen-bond acceptors (Lipinski definition) is 2. The molecular weight excluding hydrogens is 202 g/mol. The van der Waals surface area contributed by atoms with Crippen LogP contribution in [0.4, 0.5) is 4.79 Å². The normalized spacial score (nSPS) is 31.2. The second-order valence-electron chi connectivity index (χ2n) is 5.08. The molecule has 2 fully saturated rings. The van der Waals surface area contributed by atoms with Gasteiger partial charge in [0.15, 0.2) is 0 Å². The van der Waals surface area contributed by atoms with Gasteiger partial charge in [-0.15, -0.1) is 0 Å². The van der Waals surface area contributed by atoms with Gasteiger partial charge in [-0.2, -0.15) is 0 Å². The van der Waals surface area contributed by atoms with Crippen LogP contribution in [0.2, 0.25) is 0 Å². The van der Waals surface area contributed by atoms with E-state index in [4.69, 9.17) is 0 Å². The minimum absolute atomic E-state index is 0.140. The standard InChI is InChI=1S/C12H23N3O/c1-10-5-6-11(9-13-10)14-12(16)15-7-3-2-4-8-15/h10-11,13H,2-9H2,1H3,(H,14,16). The molecule has 2 unspecified atom stereocenters. The zero-order valence-electron chi connectivity index (χ0n) is 10.2. The molecule has 16 heavy (non-hydrogen) atoms. The molecule has 0 radical (unpaired) electrons. The maximum atomic E-state index is 11.9. The molecule has 4 heteroatoms. The van der Waals surface area contributed by atoms with Gasteiger partial charge in [-0.1, -0.05) is 0 Å². The summed E-state index contributed by atoms with van der Waals surface area (Å²) in [7, 11) is 0. The summed E-state index contributed by atoms with van der Waals surface area (Å²) in [5.74, 6) is 0. The topological polar surface area (TPSA) is 44.4 Å². The number of rotatable bonds is 1. The highest BCUT2D eigenvalue weighted by Crippen LogP contribution is 2.11. The molecule has 0 aliphatic carbocycles. The van der Waals surface area contributed by atoms with E-state index in [-0.39, 0.29) is 6.03 Å². The summed E-state index contributed by atoms with van der Waals surface area (Å²) in [5.41, 5.74) is 0. The van der Waals surface area contributed by atoms with E-state index in [0.29, 0.717) is 12.1 Å². The molecule has 2 rings (SSSR count). The Hall–Kier alpha value is -0.770. The number of urea groups is 1. The Morgan fingerprint density at radius 2 is 2.00 bits per heavy atom. The molecule has 2 atom stereocenters. The predicted molar refractivity (Wildman–Crippen MR) is 64.4 cm³/mol. The van der Waals surface area contributed by atoms with Crippen LogP contribution in [0.15, 0.2) is 0 Å². The number of nitrogens with one attached hydrogen (secondary N) is 2.